The standard InChI is InChI=1S/C49H52Cl2N6O6/c1-26-17-29(4)52-33(18-26)24-55-25-39(49(59)60)38-21-35(63-16-15-61-9)22-41(45(38)55)56-23-30(5)57-46-37(12-13-40(50)43(46)42-31(6)53-54(8)32(42)7)36(47(57)48(56)58)11-10-14-62-34-19-27(2)44(51)28(3)20-34/h12-13,17-22,25,30H,10-11,14-16,23-24H2,1-9H3,(H,59,60). The summed E-state index contributed by atoms with van der Waals surface area (Å²) in [6.07, 6.45) is 2.76. The molecule has 0 saturated heterocycles. The number of carbonyl (C=O) groups is 2. The molecule has 0 spiro atoms. The quantitative estimate of drug-likeness (QED) is 0.107. The Labute approximate surface area is 376 Å². The lowest BCUT2D eigenvalue weighted by Crippen LogP contribution is -2.43. The molecule has 4 aromatic heterocycles. The van der Waals surface area contributed by atoms with Crippen molar-refractivity contribution >= 4 is 62.6 Å². The molecule has 1 unspecified atom stereocenters. The average molecular weight is 892 g/mol. The Morgan fingerprint density at radius 2 is 1.60 bits per heavy atom. The number of pyridine rings is 1. The van der Waals surface area contributed by atoms with Crippen LogP contribution < -0.4 is 14.4 Å². The van der Waals surface area contributed by atoms with Gasteiger partial charge in [0.1, 0.15) is 23.8 Å². The maximum absolute atomic E-state index is 15.7. The molecule has 7 aromatic rings. The number of aromatic nitrogens is 5. The summed E-state index contributed by atoms with van der Waals surface area (Å²) in [5.74, 6) is -0.158. The van der Waals surface area contributed by atoms with E-state index in [1.54, 1.807) is 24.3 Å². The number of aromatic carboxylic acids is 1. The smallest absolute Gasteiger partial charge is 0.337 e. The number of anilines is 1. The Morgan fingerprint density at radius 3 is 2.27 bits per heavy atom. The van der Waals surface area contributed by atoms with Crippen LogP contribution in [0, 0.1) is 41.5 Å². The van der Waals surface area contributed by atoms with Gasteiger partial charge in [0.15, 0.2) is 0 Å². The van der Waals surface area contributed by atoms with Gasteiger partial charge in [-0.1, -0.05) is 29.3 Å². The predicted molar refractivity (Wildman–Crippen MR) is 249 cm³/mol. The van der Waals surface area contributed by atoms with Crippen molar-refractivity contribution in [2.24, 2.45) is 7.05 Å². The van der Waals surface area contributed by atoms with Gasteiger partial charge in [0.25, 0.3) is 5.91 Å². The van der Waals surface area contributed by atoms with E-state index < -0.39 is 5.97 Å². The summed E-state index contributed by atoms with van der Waals surface area (Å²) >= 11 is 13.7. The Bertz CT molecular complexity index is 2920. The predicted octanol–water partition coefficient (Wildman–Crippen LogP) is 10.6. The van der Waals surface area contributed by atoms with Crippen molar-refractivity contribution in [3.63, 3.8) is 0 Å². The first-order valence-corrected chi connectivity index (χ1v) is 21.9. The van der Waals surface area contributed by atoms with Crippen molar-refractivity contribution in [2.75, 3.05) is 38.4 Å². The van der Waals surface area contributed by atoms with Crippen molar-refractivity contribution in [2.45, 2.75) is 73.9 Å². The number of carbonyl (C=O) groups excluding carboxylic acids is 1. The molecule has 14 heteroatoms. The molecule has 328 valence electrons. The number of carboxylic acids is 1. The van der Waals surface area contributed by atoms with Crippen LogP contribution in [0.4, 0.5) is 5.69 Å². The minimum absolute atomic E-state index is 0.0905. The number of nitrogens with zero attached hydrogens (tertiary/aromatic N) is 6. The van der Waals surface area contributed by atoms with Gasteiger partial charge in [-0.15, -0.1) is 0 Å². The fourth-order valence-corrected chi connectivity index (χ4v) is 9.69. The second-order valence-corrected chi connectivity index (χ2v) is 17.5. The maximum Gasteiger partial charge on any atom is 0.337 e. The molecular weight excluding hydrogens is 839 g/mol. The molecule has 3 aromatic carbocycles. The van der Waals surface area contributed by atoms with Gasteiger partial charge < -0.3 is 33.4 Å². The molecule has 1 aliphatic heterocycles. The number of aryl methyl sites for hydroxylation is 7. The Kier molecular flexibility index (Phi) is 12.1. The molecule has 0 bridgehead atoms. The SMILES string of the molecule is COCCOc1cc(N2CC(C)n3c(c(CCCOc4cc(C)c(Cl)c(C)c4)c4ccc(Cl)c(-c5c(C)nn(C)c5C)c43)C2=O)c2c(c1)c(C(=O)O)cn2Cc1cc(C)cc(C)n1. The van der Waals surface area contributed by atoms with E-state index in [0.717, 1.165) is 77.8 Å². The lowest BCUT2D eigenvalue weighted by atomic mass is 9.98. The summed E-state index contributed by atoms with van der Waals surface area (Å²) in [5, 5.41) is 18.0. The van der Waals surface area contributed by atoms with E-state index in [-0.39, 0.29) is 37.2 Å². The Morgan fingerprint density at radius 1 is 0.889 bits per heavy atom. The van der Waals surface area contributed by atoms with Crippen LogP contribution in [0.15, 0.2) is 54.7 Å². The van der Waals surface area contributed by atoms with E-state index in [0.29, 0.717) is 59.1 Å². The molecule has 1 N–H and O–H groups in total. The van der Waals surface area contributed by atoms with Crippen LogP contribution in [0.5, 0.6) is 11.5 Å². The number of amides is 1. The van der Waals surface area contributed by atoms with Gasteiger partial charge in [0.05, 0.1) is 58.5 Å². The molecule has 0 saturated carbocycles. The largest absolute Gasteiger partial charge is 0.494 e. The highest BCUT2D eigenvalue weighted by Crippen LogP contribution is 2.46. The van der Waals surface area contributed by atoms with Crippen LogP contribution in [-0.4, -0.2) is 74.4 Å². The van der Waals surface area contributed by atoms with Crippen molar-refractivity contribution in [1.29, 1.82) is 0 Å². The van der Waals surface area contributed by atoms with Crippen LogP contribution in [-0.2, 0) is 24.8 Å². The van der Waals surface area contributed by atoms with Crippen LogP contribution in [0.3, 0.4) is 0 Å². The van der Waals surface area contributed by atoms with E-state index in [1.807, 2.05) is 100 Å². The number of hydrogen-bond donors (Lipinski definition) is 1. The molecule has 0 aliphatic carbocycles. The average Bonchev–Trinajstić information content (AvgIpc) is 3.84. The lowest BCUT2D eigenvalue weighted by molar-refractivity contribution is 0.0698. The minimum atomic E-state index is -1.09. The van der Waals surface area contributed by atoms with Gasteiger partial charge in [-0.05, 0) is 120 Å². The van der Waals surface area contributed by atoms with Gasteiger partial charge in [0, 0.05) is 77.3 Å². The number of rotatable bonds is 14. The summed E-state index contributed by atoms with van der Waals surface area (Å²) in [6.45, 7) is 15.5. The van der Waals surface area contributed by atoms with Crippen LogP contribution in [0.1, 0.15) is 85.3 Å². The molecule has 63 heavy (non-hydrogen) atoms. The molecule has 1 aliphatic rings. The Balaban J connectivity index is 1.31. The zero-order valence-corrected chi connectivity index (χ0v) is 38.7. The number of benzene rings is 3. The van der Waals surface area contributed by atoms with Gasteiger partial charge in [-0.3, -0.25) is 14.5 Å². The zero-order valence-electron chi connectivity index (χ0n) is 37.2. The van der Waals surface area contributed by atoms with Crippen molar-refractivity contribution < 1.29 is 28.9 Å². The van der Waals surface area contributed by atoms with Crippen molar-refractivity contribution in [3.8, 4) is 22.6 Å². The van der Waals surface area contributed by atoms with Crippen LogP contribution >= 0.6 is 23.2 Å². The fourth-order valence-electron chi connectivity index (χ4n) is 9.34. The number of carboxylic acid groups (broad SMARTS) is 1. The van der Waals surface area contributed by atoms with Crippen molar-refractivity contribution in [1.82, 2.24) is 23.9 Å². The van der Waals surface area contributed by atoms with Crippen LogP contribution in [0.2, 0.25) is 10.0 Å². The third-order valence-electron chi connectivity index (χ3n) is 12.1. The van der Waals surface area contributed by atoms with E-state index >= 15 is 4.79 Å². The van der Waals surface area contributed by atoms with Gasteiger partial charge in [0.2, 0.25) is 0 Å². The molecule has 0 fully saturated rings. The summed E-state index contributed by atoms with van der Waals surface area (Å²) < 4.78 is 23.7. The van der Waals surface area contributed by atoms with Gasteiger partial charge >= 0.3 is 5.97 Å². The lowest BCUT2D eigenvalue weighted by Gasteiger charge is -2.35. The second kappa shape index (κ2) is 17.4. The monoisotopic (exact) mass is 890 g/mol. The van der Waals surface area contributed by atoms with E-state index in [9.17, 15) is 9.90 Å². The minimum Gasteiger partial charge on any atom is -0.494 e. The normalized spacial score (nSPS) is 14.0. The first kappa shape index (κ1) is 43.8. The first-order valence-electron chi connectivity index (χ1n) is 21.1. The number of hydrogen-bond acceptors (Lipinski definition) is 7. The van der Waals surface area contributed by atoms with Gasteiger partial charge in [-0.2, -0.15) is 5.10 Å². The highest BCUT2D eigenvalue weighted by molar-refractivity contribution is 6.35. The second-order valence-electron chi connectivity index (χ2n) is 16.7. The van der Waals surface area contributed by atoms with E-state index in [4.69, 9.17) is 47.5 Å². The highest BCUT2D eigenvalue weighted by atomic mass is 35.5. The number of ether oxygens (including phenoxy) is 3. The number of halogens is 2. The van der Waals surface area contributed by atoms with E-state index in [2.05, 4.69) is 11.5 Å². The first-order chi connectivity index (χ1) is 30.1. The molecule has 8 rings (SSSR count). The summed E-state index contributed by atoms with van der Waals surface area (Å²) in [4.78, 5) is 35.2. The summed E-state index contributed by atoms with van der Waals surface area (Å²) in [6, 6.07) is 15.1. The third kappa shape index (κ3) is 8.04. The molecule has 1 atom stereocenters. The molecule has 0 radical (unpaired) electrons. The highest BCUT2D eigenvalue weighted by Gasteiger charge is 2.38. The molecular formula is C49H52Cl2N6O6. The molecule has 12 nitrogen and oxygen atoms in total. The van der Waals surface area contributed by atoms with Gasteiger partial charge in [-0.25, -0.2) is 4.79 Å². The fraction of sp³-hybridized carbons (Fsp3) is 0.347. The summed E-state index contributed by atoms with van der Waals surface area (Å²) in [5.41, 5.74) is 11.6. The number of fused-ring (bicyclic) bond motifs is 4. The van der Waals surface area contributed by atoms with Crippen LogP contribution in [0.25, 0.3) is 32.9 Å². The molecule has 1 amide bonds. The molecule has 5 heterocycles. The number of methoxy groups -OCH3 is 1. The zero-order chi connectivity index (χ0) is 45.0. The Hall–Kier alpha value is -5.82. The topological polar surface area (TPSA) is 126 Å². The third-order valence-corrected chi connectivity index (χ3v) is 13.0. The summed E-state index contributed by atoms with van der Waals surface area (Å²) in [7, 11) is 3.51. The van der Waals surface area contributed by atoms with E-state index in [1.165, 1.54) is 0 Å². The van der Waals surface area contributed by atoms with Crippen molar-refractivity contribution in [3.05, 3.63) is 121 Å². The maximum atomic E-state index is 15.7.